The minimum absolute atomic E-state index is 0.00321. The maximum absolute atomic E-state index is 11.6. The molecule has 4 fully saturated rings. The van der Waals surface area contributed by atoms with E-state index in [9.17, 15) is 9.90 Å². The van der Waals surface area contributed by atoms with E-state index >= 15 is 0 Å². The summed E-state index contributed by atoms with van der Waals surface area (Å²) in [5, 5.41) is 9.55. The summed E-state index contributed by atoms with van der Waals surface area (Å²) in [6.45, 7) is 19.4. The van der Waals surface area contributed by atoms with Gasteiger partial charge in [0.05, 0.1) is 0 Å². The summed E-state index contributed by atoms with van der Waals surface area (Å²) < 4.78 is 0. The molecule has 4 heteroatoms. The van der Waals surface area contributed by atoms with Crippen LogP contribution in [0.5, 0.6) is 0 Å². The summed E-state index contributed by atoms with van der Waals surface area (Å²) in [6.07, 6.45) is 21.9. The van der Waals surface area contributed by atoms with Crippen LogP contribution < -0.4 is 5.73 Å². The van der Waals surface area contributed by atoms with E-state index in [0.717, 1.165) is 37.5 Å². The van der Waals surface area contributed by atoms with Crippen LogP contribution in [0.2, 0.25) is 0 Å². The van der Waals surface area contributed by atoms with Gasteiger partial charge < -0.3 is 15.7 Å². The van der Waals surface area contributed by atoms with Crippen molar-refractivity contribution >= 4 is 5.97 Å². The van der Waals surface area contributed by atoms with Crippen molar-refractivity contribution in [3.05, 3.63) is 34.9 Å². The Balaban J connectivity index is 1.38. The third-order valence-electron chi connectivity index (χ3n) is 16.6. The average Bonchev–Trinajstić information content (AvgIpc) is 3.19. The summed E-state index contributed by atoms with van der Waals surface area (Å²) in [7, 11) is 4.61. The molecule has 6 aliphatic rings. The molecular weight excluding hydrogens is 540 g/mol. The number of carboxylic acids is 1. The lowest BCUT2D eigenvalue weighted by Crippen LogP contribution is -2.77. The number of hydrogen-bond acceptors (Lipinski definition) is 3. The van der Waals surface area contributed by atoms with Crippen LogP contribution in [-0.4, -0.2) is 42.2 Å². The maximum Gasteiger partial charge on any atom is 0.331 e. The number of carbonyl (C=O) groups is 1. The van der Waals surface area contributed by atoms with Gasteiger partial charge in [0.2, 0.25) is 0 Å². The topological polar surface area (TPSA) is 66.6 Å². The van der Waals surface area contributed by atoms with Crippen LogP contribution in [-0.2, 0) is 4.79 Å². The van der Waals surface area contributed by atoms with Gasteiger partial charge in [-0.15, -0.1) is 0 Å². The lowest BCUT2D eigenvalue weighted by atomic mass is 9.30. The highest BCUT2D eigenvalue weighted by Crippen LogP contribution is 2.79. The van der Waals surface area contributed by atoms with Gasteiger partial charge >= 0.3 is 5.97 Å². The molecular formula is C40H64N2O2. The van der Waals surface area contributed by atoms with Crippen molar-refractivity contribution in [3.8, 4) is 0 Å². The standard InChI is InChI=1S/C40H64N2O2/c1-10-35(4)22-24-39(26-42(8)9)25-23-36(5)30(32(35)39)17-21-40(41)37(6)19-11-12-29(27-13-15-28(16-14-27)33(43)44)34(2,3)31(37)18-20-38(36,40)7/h12-13,15,30-32H,10-11,14,16-26,41H2,1-9H3,(H,43,44)/t30-,31+,32+,35?,36-,37+,38+,39?,40+/m1/s1. The van der Waals surface area contributed by atoms with Crippen LogP contribution in [0, 0.1) is 50.2 Å². The molecule has 6 aliphatic carbocycles. The Bertz CT molecular complexity index is 1290. The van der Waals surface area contributed by atoms with Crippen molar-refractivity contribution in [2.24, 2.45) is 56.0 Å². The lowest BCUT2D eigenvalue weighted by molar-refractivity contribution is -0.244. The zero-order chi connectivity index (χ0) is 32.1. The van der Waals surface area contributed by atoms with E-state index in [2.05, 4.69) is 79.6 Å². The number of fused-ring (bicyclic) bond motifs is 7. The molecule has 0 aromatic rings. The lowest BCUT2D eigenvalue weighted by Gasteiger charge is -2.76. The van der Waals surface area contributed by atoms with Crippen LogP contribution >= 0.6 is 0 Å². The molecule has 4 saturated carbocycles. The fourth-order valence-corrected chi connectivity index (χ4v) is 14.1. The molecule has 0 radical (unpaired) electrons. The second-order valence-corrected chi connectivity index (χ2v) is 18.5. The first-order valence-corrected chi connectivity index (χ1v) is 18.2. The van der Waals surface area contributed by atoms with E-state index in [1.54, 1.807) is 0 Å². The van der Waals surface area contributed by atoms with Gasteiger partial charge in [-0.3, -0.25) is 0 Å². The molecule has 0 spiro atoms. The first-order chi connectivity index (χ1) is 20.4. The van der Waals surface area contributed by atoms with Crippen LogP contribution in [0.25, 0.3) is 0 Å². The highest BCUT2D eigenvalue weighted by Gasteiger charge is 2.75. The molecule has 9 atom stereocenters. The molecule has 0 amide bonds. The molecule has 246 valence electrons. The Morgan fingerprint density at radius 2 is 1.61 bits per heavy atom. The molecule has 0 bridgehead atoms. The summed E-state index contributed by atoms with van der Waals surface area (Å²) in [5.41, 5.74) is 12.6. The molecule has 0 heterocycles. The maximum atomic E-state index is 11.6. The highest BCUT2D eigenvalue weighted by atomic mass is 16.4. The Morgan fingerprint density at radius 3 is 2.23 bits per heavy atom. The number of allylic oxidation sites excluding steroid dienone is 5. The normalized spacial score (nSPS) is 48.2. The van der Waals surface area contributed by atoms with Crippen LogP contribution in [0.1, 0.15) is 132 Å². The SMILES string of the molecule is CCC1(C)CCC2(CN(C)C)CC[C@]3(C)[C@H](CC[C@@]4(N)[C@@]3(C)CC[C@H]3C(C)(C)C(C5=CC=C(C(=O)O)CC5)=CCC[C@@]34C)[C@@H]12. The van der Waals surface area contributed by atoms with Gasteiger partial charge in [0.1, 0.15) is 0 Å². The van der Waals surface area contributed by atoms with Crippen molar-refractivity contribution in [2.45, 2.75) is 137 Å². The Labute approximate surface area is 269 Å². The van der Waals surface area contributed by atoms with Crippen LogP contribution in [0.15, 0.2) is 34.9 Å². The van der Waals surface area contributed by atoms with Crippen molar-refractivity contribution in [1.29, 1.82) is 0 Å². The van der Waals surface area contributed by atoms with Gasteiger partial charge in [-0.05, 0) is 153 Å². The van der Waals surface area contributed by atoms with E-state index in [1.165, 1.54) is 69.1 Å². The largest absolute Gasteiger partial charge is 0.478 e. The molecule has 0 aliphatic heterocycles. The Kier molecular flexibility index (Phi) is 7.62. The second kappa shape index (κ2) is 10.3. The van der Waals surface area contributed by atoms with E-state index in [0.29, 0.717) is 28.7 Å². The van der Waals surface area contributed by atoms with Crippen molar-refractivity contribution < 1.29 is 9.90 Å². The molecule has 0 aromatic carbocycles. The highest BCUT2D eigenvalue weighted by molar-refractivity contribution is 5.87. The minimum Gasteiger partial charge on any atom is -0.478 e. The van der Waals surface area contributed by atoms with E-state index in [-0.39, 0.29) is 27.2 Å². The summed E-state index contributed by atoms with van der Waals surface area (Å²) >= 11 is 0. The second-order valence-electron chi connectivity index (χ2n) is 18.5. The zero-order valence-electron chi connectivity index (χ0n) is 29.7. The quantitative estimate of drug-likeness (QED) is 0.328. The molecule has 0 aromatic heterocycles. The van der Waals surface area contributed by atoms with Gasteiger partial charge in [-0.25, -0.2) is 4.79 Å². The fourth-order valence-electron chi connectivity index (χ4n) is 14.1. The summed E-state index contributed by atoms with van der Waals surface area (Å²) in [5.74, 6) is 1.27. The number of nitrogens with two attached hydrogens (primary N) is 1. The minimum atomic E-state index is -0.777. The van der Waals surface area contributed by atoms with E-state index < -0.39 is 5.97 Å². The molecule has 44 heavy (non-hydrogen) atoms. The number of rotatable bonds is 5. The Hall–Kier alpha value is -1.39. The molecule has 4 nitrogen and oxygen atoms in total. The predicted molar refractivity (Wildman–Crippen MR) is 182 cm³/mol. The molecule has 2 unspecified atom stereocenters. The smallest absolute Gasteiger partial charge is 0.331 e. The molecule has 3 N–H and O–H groups in total. The van der Waals surface area contributed by atoms with Gasteiger partial charge in [0.25, 0.3) is 0 Å². The predicted octanol–water partition coefficient (Wildman–Crippen LogP) is 9.17. The molecule has 6 rings (SSSR count). The van der Waals surface area contributed by atoms with E-state index in [4.69, 9.17) is 5.73 Å². The first-order valence-electron chi connectivity index (χ1n) is 18.2. The van der Waals surface area contributed by atoms with Gasteiger partial charge in [-0.2, -0.15) is 0 Å². The number of nitrogens with zero attached hydrogens (tertiary/aromatic N) is 1. The van der Waals surface area contributed by atoms with Crippen molar-refractivity contribution in [2.75, 3.05) is 20.6 Å². The van der Waals surface area contributed by atoms with E-state index in [1.807, 2.05) is 6.08 Å². The monoisotopic (exact) mass is 604 g/mol. The third kappa shape index (κ3) is 4.10. The average molecular weight is 605 g/mol. The van der Waals surface area contributed by atoms with Crippen LogP contribution in [0.3, 0.4) is 0 Å². The van der Waals surface area contributed by atoms with Gasteiger partial charge in [0.15, 0.2) is 0 Å². The number of aliphatic carboxylic acids is 1. The molecule has 0 saturated heterocycles. The van der Waals surface area contributed by atoms with Crippen molar-refractivity contribution in [3.63, 3.8) is 0 Å². The fraction of sp³-hybridized carbons (Fsp3) is 0.825. The van der Waals surface area contributed by atoms with Gasteiger partial charge in [-0.1, -0.05) is 73.1 Å². The number of hydrogen-bond donors (Lipinski definition) is 2. The first kappa shape index (κ1) is 32.5. The van der Waals surface area contributed by atoms with Crippen LogP contribution in [0.4, 0.5) is 0 Å². The van der Waals surface area contributed by atoms with Crippen molar-refractivity contribution in [1.82, 2.24) is 4.90 Å². The third-order valence-corrected chi connectivity index (χ3v) is 16.6. The van der Waals surface area contributed by atoms with Gasteiger partial charge in [0, 0.05) is 17.7 Å². The number of carboxylic acid groups (broad SMARTS) is 1. The summed E-state index contributed by atoms with van der Waals surface area (Å²) in [6, 6.07) is 0. The summed E-state index contributed by atoms with van der Waals surface area (Å²) in [4.78, 5) is 14.1. The Morgan fingerprint density at radius 1 is 0.909 bits per heavy atom. The zero-order valence-corrected chi connectivity index (χ0v) is 29.7.